The van der Waals surface area contributed by atoms with Crippen LogP contribution >= 0.6 is 16.8 Å². The third kappa shape index (κ3) is 7.40. The molecule has 1 aromatic rings. The van der Waals surface area contributed by atoms with Crippen molar-refractivity contribution in [2.75, 3.05) is 19.0 Å². The third-order valence-electron chi connectivity index (χ3n) is 2.71. The summed E-state index contributed by atoms with van der Waals surface area (Å²) in [5, 5.41) is 11.8. The van der Waals surface area contributed by atoms with Gasteiger partial charge < -0.3 is 14.9 Å². The summed E-state index contributed by atoms with van der Waals surface area (Å²) >= 11 is 6.56. The van der Waals surface area contributed by atoms with Crippen molar-refractivity contribution in [3.8, 4) is 0 Å². The molecule has 122 valence electrons. The van der Waals surface area contributed by atoms with E-state index in [1.54, 1.807) is 0 Å². The molecule has 0 aliphatic carbocycles. The van der Waals surface area contributed by atoms with Crippen molar-refractivity contribution in [3.05, 3.63) is 35.9 Å². The second-order valence-electron chi connectivity index (χ2n) is 4.61. The van der Waals surface area contributed by atoms with Crippen LogP contribution < -0.4 is 5.32 Å². The number of aliphatic carboxylic acids is 1. The number of carboxylic acid groups (broad SMARTS) is 1. The lowest BCUT2D eigenvalue weighted by atomic mass is 10.1. The molecule has 22 heavy (non-hydrogen) atoms. The van der Waals surface area contributed by atoms with E-state index in [-0.39, 0.29) is 18.1 Å². The largest absolute Gasteiger partial charge is 0.480 e. The normalized spacial score (nSPS) is 14.8. The number of carbonyl (C=O) groups is 2. The summed E-state index contributed by atoms with van der Waals surface area (Å²) in [6, 6.07) is 8.24. The molecule has 0 unspecified atom stereocenters. The molecule has 1 rings (SSSR count). The second-order valence-corrected chi connectivity index (χ2v) is 12.6. The first-order valence-corrected chi connectivity index (χ1v) is 11.5. The molecule has 0 aromatic heterocycles. The lowest BCUT2D eigenvalue weighted by molar-refractivity contribution is -0.141. The highest BCUT2D eigenvalue weighted by molar-refractivity contribution is 8.69. The molecule has 2 atom stereocenters. The van der Waals surface area contributed by atoms with Crippen LogP contribution in [0.15, 0.2) is 30.3 Å². The fourth-order valence-corrected chi connectivity index (χ4v) is 5.10. The summed E-state index contributed by atoms with van der Waals surface area (Å²) in [6.45, 7) is 4.17. The molecule has 0 aliphatic rings. The van der Waals surface area contributed by atoms with Crippen LogP contribution in [0.4, 0.5) is 0 Å². The van der Waals surface area contributed by atoms with E-state index < -0.39 is 17.5 Å². The Morgan fingerprint density at radius 2 is 2.05 bits per heavy atom. The molecule has 8 heteroatoms. The molecular formula is C14H20NO4PS2. The quantitative estimate of drug-likeness (QED) is 0.658. The highest BCUT2D eigenvalue weighted by Gasteiger charge is 2.21. The second kappa shape index (κ2) is 9.30. The minimum absolute atomic E-state index is 0.104. The summed E-state index contributed by atoms with van der Waals surface area (Å²) in [5.41, 5.74) is -1.18. The average Bonchev–Trinajstić information content (AvgIpc) is 2.45. The maximum absolute atomic E-state index is 11.9. The van der Waals surface area contributed by atoms with Gasteiger partial charge in [0, 0.05) is 13.0 Å². The summed E-state index contributed by atoms with van der Waals surface area (Å²) in [4.78, 5) is 23.2. The average molecular weight is 361 g/mol. The van der Waals surface area contributed by atoms with E-state index in [4.69, 9.17) is 16.3 Å². The molecule has 0 heterocycles. The Labute approximate surface area is 139 Å². The van der Waals surface area contributed by atoms with Crippen LogP contribution in [-0.4, -0.2) is 42.0 Å². The lowest BCUT2D eigenvalue weighted by Gasteiger charge is -2.17. The first kappa shape index (κ1) is 19.2. The number of carboxylic acids is 1. The van der Waals surface area contributed by atoms with E-state index in [0.29, 0.717) is 6.61 Å². The molecule has 0 bridgehead atoms. The minimum Gasteiger partial charge on any atom is -0.480 e. The van der Waals surface area contributed by atoms with Crippen LogP contribution in [0.2, 0.25) is 0 Å². The van der Waals surface area contributed by atoms with Crippen LogP contribution in [0.5, 0.6) is 0 Å². The number of carbonyl (C=O) groups excluding carboxylic acids is 1. The van der Waals surface area contributed by atoms with E-state index in [9.17, 15) is 14.7 Å². The van der Waals surface area contributed by atoms with Crippen molar-refractivity contribution < 1.29 is 19.2 Å². The van der Waals surface area contributed by atoms with E-state index in [2.05, 4.69) is 5.32 Å². The molecule has 0 radical (unpaired) electrons. The number of benzene rings is 1. The maximum atomic E-state index is 11.9. The van der Waals surface area contributed by atoms with Gasteiger partial charge in [-0.3, -0.25) is 4.79 Å². The Bertz CT molecular complexity index is 553. The highest BCUT2D eigenvalue weighted by atomic mass is 32.9. The standard InChI is InChI=1S/C14H20NO4PS2/c1-3-19-20(2,21)22-10-13(16)15-12(14(17)18)9-11-7-5-4-6-8-11/h4-8,12H,3,9-10H2,1-2H3,(H,15,16)(H,17,18)/t12-,20+/m0/s1. The Balaban J connectivity index is 2.55. The fraction of sp³-hybridized carbons (Fsp3) is 0.429. The topological polar surface area (TPSA) is 75.6 Å². The molecule has 0 fully saturated rings. The van der Waals surface area contributed by atoms with Crippen LogP contribution in [0.1, 0.15) is 12.5 Å². The maximum Gasteiger partial charge on any atom is 0.326 e. The molecule has 0 spiro atoms. The lowest BCUT2D eigenvalue weighted by Crippen LogP contribution is -2.43. The van der Waals surface area contributed by atoms with Crippen molar-refractivity contribution in [2.24, 2.45) is 0 Å². The Kier molecular flexibility index (Phi) is 8.10. The molecule has 0 saturated carbocycles. The molecule has 1 aromatic carbocycles. The van der Waals surface area contributed by atoms with Crippen molar-refractivity contribution >= 4 is 40.5 Å². The molecule has 1 amide bonds. The van der Waals surface area contributed by atoms with Crippen LogP contribution in [0, 0.1) is 0 Å². The smallest absolute Gasteiger partial charge is 0.326 e. The Morgan fingerprint density at radius 3 is 2.59 bits per heavy atom. The Hall–Kier alpha value is -0.880. The van der Waals surface area contributed by atoms with E-state index in [1.165, 1.54) is 11.4 Å². The van der Waals surface area contributed by atoms with Gasteiger partial charge in [-0.15, -0.1) is 0 Å². The molecule has 2 N–H and O–H groups in total. The summed E-state index contributed by atoms with van der Waals surface area (Å²) in [5.74, 6) is -1.29. The van der Waals surface area contributed by atoms with Crippen molar-refractivity contribution in [2.45, 2.75) is 19.4 Å². The zero-order valence-electron chi connectivity index (χ0n) is 12.5. The zero-order valence-corrected chi connectivity index (χ0v) is 15.0. The summed E-state index contributed by atoms with van der Waals surface area (Å²) in [6.07, 6.45) is 0.248. The van der Waals surface area contributed by atoms with Crippen molar-refractivity contribution in [1.29, 1.82) is 0 Å². The minimum atomic E-state index is -2.04. The van der Waals surface area contributed by atoms with Gasteiger partial charge in [0.25, 0.3) is 0 Å². The van der Waals surface area contributed by atoms with Crippen LogP contribution in [0.25, 0.3) is 0 Å². The predicted molar refractivity (Wildman–Crippen MR) is 94.0 cm³/mol. The molecule has 0 aliphatic heterocycles. The fourth-order valence-electron chi connectivity index (χ4n) is 1.73. The van der Waals surface area contributed by atoms with Gasteiger partial charge >= 0.3 is 5.97 Å². The van der Waals surface area contributed by atoms with Gasteiger partial charge in [-0.05, 0) is 19.2 Å². The van der Waals surface area contributed by atoms with E-state index >= 15 is 0 Å². The van der Waals surface area contributed by atoms with Gasteiger partial charge in [0.05, 0.1) is 5.75 Å². The van der Waals surface area contributed by atoms with Gasteiger partial charge in [-0.2, -0.15) is 0 Å². The van der Waals surface area contributed by atoms with Gasteiger partial charge in [0.15, 0.2) is 0 Å². The van der Waals surface area contributed by atoms with Crippen LogP contribution in [0.3, 0.4) is 0 Å². The van der Waals surface area contributed by atoms with E-state index in [0.717, 1.165) is 5.56 Å². The predicted octanol–water partition coefficient (Wildman–Crippen LogP) is 2.51. The number of hydrogen-bond donors (Lipinski definition) is 2. The molecule has 5 nitrogen and oxygen atoms in total. The van der Waals surface area contributed by atoms with E-state index in [1.807, 2.05) is 43.9 Å². The summed E-state index contributed by atoms with van der Waals surface area (Å²) < 4.78 is 5.42. The number of rotatable bonds is 9. The van der Waals surface area contributed by atoms with Gasteiger partial charge in [-0.25, -0.2) is 4.79 Å². The van der Waals surface area contributed by atoms with Gasteiger partial charge in [-0.1, -0.05) is 53.5 Å². The van der Waals surface area contributed by atoms with Crippen molar-refractivity contribution in [3.63, 3.8) is 0 Å². The zero-order chi connectivity index (χ0) is 16.6. The first-order valence-electron chi connectivity index (χ1n) is 6.76. The van der Waals surface area contributed by atoms with Crippen LogP contribution in [-0.2, 0) is 32.3 Å². The van der Waals surface area contributed by atoms with Gasteiger partial charge in [0.1, 0.15) is 11.5 Å². The number of nitrogens with one attached hydrogen (secondary N) is 1. The SMILES string of the molecule is CCO[P@](C)(=S)SCC(=O)N[C@@H](Cc1ccccc1)C(=O)O. The first-order chi connectivity index (χ1) is 10.3. The Morgan fingerprint density at radius 1 is 1.41 bits per heavy atom. The summed E-state index contributed by atoms with van der Waals surface area (Å²) in [7, 11) is 0. The van der Waals surface area contributed by atoms with Gasteiger partial charge in [0.2, 0.25) is 5.91 Å². The van der Waals surface area contributed by atoms with Crippen molar-refractivity contribution in [1.82, 2.24) is 5.32 Å². The highest BCUT2D eigenvalue weighted by Crippen LogP contribution is 2.56. The monoisotopic (exact) mass is 361 g/mol. The third-order valence-corrected chi connectivity index (χ3v) is 7.67. The number of hydrogen-bond acceptors (Lipinski definition) is 5. The molecule has 0 saturated heterocycles. The molecular weight excluding hydrogens is 341 g/mol. The number of amides is 1.